The third-order valence-corrected chi connectivity index (χ3v) is 6.08. The zero-order valence-corrected chi connectivity index (χ0v) is 13.4. The molecule has 1 heteroatoms. The van der Waals surface area contributed by atoms with E-state index in [9.17, 15) is 4.79 Å². The van der Waals surface area contributed by atoms with Crippen molar-refractivity contribution in [1.29, 1.82) is 0 Å². The number of ketones is 1. The molecule has 0 spiro atoms. The fourth-order valence-electron chi connectivity index (χ4n) is 4.41. The summed E-state index contributed by atoms with van der Waals surface area (Å²) in [5.74, 6) is 1.76. The lowest BCUT2D eigenvalue weighted by atomic mass is 9.52. The van der Waals surface area contributed by atoms with Crippen molar-refractivity contribution >= 4 is 5.78 Å². The molecule has 0 unspecified atom stereocenters. The highest BCUT2D eigenvalue weighted by molar-refractivity contribution is 5.75. The third-order valence-electron chi connectivity index (χ3n) is 6.08. The van der Waals surface area contributed by atoms with E-state index in [1.807, 2.05) is 0 Å². The summed E-state index contributed by atoms with van der Waals surface area (Å²) in [7, 11) is 0. The molecule has 0 amide bonds. The Kier molecular flexibility index (Phi) is 3.95. The Morgan fingerprint density at radius 1 is 1.37 bits per heavy atom. The Bertz CT molecular complexity index is 390. The molecule has 1 fully saturated rings. The lowest BCUT2D eigenvalue weighted by Crippen LogP contribution is -2.43. The van der Waals surface area contributed by atoms with Crippen LogP contribution in [0.3, 0.4) is 0 Å². The number of hydrogen-bond donors (Lipinski definition) is 0. The molecule has 0 bridgehead atoms. The maximum atomic E-state index is 11.4. The van der Waals surface area contributed by atoms with Crippen LogP contribution < -0.4 is 0 Å². The van der Waals surface area contributed by atoms with E-state index in [2.05, 4.69) is 33.8 Å². The summed E-state index contributed by atoms with van der Waals surface area (Å²) in [5, 5.41) is 0. The first-order valence-electron chi connectivity index (χ1n) is 7.97. The molecule has 0 aromatic rings. The molecular weight excluding hydrogens is 232 g/mol. The van der Waals surface area contributed by atoms with Gasteiger partial charge in [-0.2, -0.15) is 0 Å². The van der Waals surface area contributed by atoms with Crippen molar-refractivity contribution in [3.05, 3.63) is 11.6 Å². The second kappa shape index (κ2) is 5.07. The molecule has 0 radical (unpaired) electrons. The Balaban J connectivity index is 2.28. The first kappa shape index (κ1) is 14.8. The summed E-state index contributed by atoms with van der Waals surface area (Å²) >= 11 is 0. The van der Waals surface area contributed by atoms with Gasteiger partial charge in [0.2, 0.25) is 0 Å². The van der Waals surface area contributed by atoms with Crippen molar-refractivity contribution in [2.45, 2.75) is 73.1 Å². The molecule has 19 heavy (non-hydrogen) atoms. The highest BCUT2D eigenvalue weighted by Gasteiger charge is 2.47. The summed E-state index contributed by atoms with van der Waals surface area (Å²) in [6.07, 6.45) is 9.55. The molecule has 0 aromatic heterocycles. The molecule has 108 valence electrons. The predicted molar refractivity (Wildman–Crippen MR) is 81.0 cm³/mol. The minimum Gasteiger partial charge on any atom is -0.300 e. The smallest absolute Gasteiger partial charge is 0.129 e. The van der Waals surface area contributed by atoms with Crippen LogP contribution >= 0.6 is 0 Å². The maximum Gasteiger partial charge on any atom is 0.129 e. The van der Waals surface area contributed by atoms with Crippen molar-refractivity contribution in [1.82, 2.24) is 0 Å². The molecule has 0 aliphatic heterocycles. The van der Waals surface area contributed by atoms with Gasteiger partial charge in [0.15, 0.2) is 0 Å². The Labute approximate surface area is 118 Å². The van der Waals surface area contributed by atoms with Gasteiger partial charge in [0.05, 0.1) is 0 Å². The summed E-state index contributed by atoms with van der Waals surface area (Å²) in [4.78, 5) is 11.4. The molecule has 0 N–H and O–H groups in total. The maximum absolute atomic E-state index is 11.4. The fourth-order valence-corrected chi connectivity index (χ4v) is 4.41. The molecule has 1 saturated carbocycles. The van der Waals surface area contributed by atoms with Gasteiger partial charge >= 0.3 is 0 Å². The molecule has 3 atom stereocenters. The van der Waals surface area contributed by atoms with Crippen LogP contribution in [0.15, 0.2) is 11.6 Å². The van der Waals surface area contributed by atoms with Crippen molar-refractivity contribution < 1.29 is 4.79 Å². The van der Waals surface area contributed by atoms with Crippen LogP contribution in [0.4, 0.5) is 0 Å². The highest BCUT2D eigenvalue weighted by Crippen LogP contribution is 2.57. The zero-order valence-electron chi connectivity index (χ0n) is 13.4. The van der Waals surface area contributed by atoms with E-state index in [4.69, 9.17) is 0 Å². The van der Waals surface area contributed by atoms with Gasteiger partial charge in [-0.3, -0.25) is 0 Å². The van der Waals surface area contributed by atoms with Crippen molar-refractivity contribution in [3.8, 4) is 0 Å². The average molecular weight is 262 g/mol. The summed E-state index contributed by atoms with van der Waals surface area (Å²) < 4.78 is 0. The number of carbonyl (C=O) groups is 1. The van der Waals surface area contributed by atoms with Gasteiger partial charge in [-0.05, 0) is 55.3 Å². The number of rotatable bonds is 3. The number of hydrogen-bond acceptors (Lipinski definition) is 1. The normalized spacial score (nSPS) is 37.4. The van der Waals surface area contributed by atoms with Crippen molar-refractivity contribution in [2.75, 3.05) is 0 Å². The Hall–Kier alpha value is -0.590. The van der Waals surface area contributed by atoms with Crippen LogP contribution in [0.5, 0.6) is 0 Å². The van der Waals surface area contributed by atoms with E-state index >= 15 is 0 Å². The van der Waals surface area contributed by atoms with Gasteiger partial charge in [0.1, 0.15) is 5.78 Å². The van der Waals surface area contributed by atoms with Crippen molar-refractivity contribution in [3.63, 3.8) is 0 Å². The largest absolute Gasteiger partial charge is 0.300 e. The van der Waals surface area contributed by atoms with Crippen molar-refractivity contribution in [2.24, 2.45) is 22.7 Å². The van der Waals surface area contributed by atoms with Crippen LogP contribution in [0.2, 0.25) is 0 Å². The SMILES string of the molecule is CC(=O)CC[C@@]1(C)[C@@H]2CCCC(C)(C)C2=CC[C@@H]1C. The van der Waals surface area contributed by atoms with Crippen LogP contribution in [0.25, 0.3) is 0 Å². The Morgan fingerprint density at radius 2 is 2.05 bits per heavy atom. The lowest BCUT2D eigenvalue weighted by Gasteiger charge is -2.53. The number of fused-ring (bicyclic) bond motifs is 1. The highest BCUT2D eigenvalue weighted by atomic mass is 16.1. The van der Waals surface area contributed by atoms with E-state index in [-0.39, 0.29) is 0 Å². The minimum atomic E-state index is 0.327. The molecule has 0 aromatic carbocycles. The third kappa shape index (κ3) is 2.66. The lowest BCUT2D eigenvalue weighted by molar-refractivity contribution is -0.118. The monoisotopic (exact) mass is 262 g/mol. The second-order valence-electron chi connectivity index (χ2n) is 7.83. The number of Topliss-reactive ketones (excluding diaryl/α,β-unsaturated/α-hetero) is 1. The van der Waals surface area contributed by atoms with E-state index in [1.54, 1.807) is 12.5 Å². The fraction of sp³-hybridized carbons (Fsp3) is 0.833. The summed E-state index contributed by atoms with van der Waals surface area (Å²) in [6, 6.07) is 0. The number of allylic oxidation sites excluding steroid dienone is 2. The van der Waals surface area contributed by atoms with E-state index in [0.29, 0.717) is 28.4 Å². The Morgan fingerprint density at radius 3 is 2.68 bits per heavy atom. The van der Waals surface area contributed by atoms with Crippen LogP contribution in [0, 0.1) is 22.7 Å². The molecule has 2 rings (SSSR count). The molecule has 2 aliphatic carbocycles. The standard InChI is InChI=1S/C18H30O/c1-13-8-9-15-16(7-6-11-17(15,3)4)18(13,5)12-10-14(2)19/h9,13,16H,6-8,10-12H2,1-5H3/t13-,16+,18+/m0/s1. The van der Waals surface area contributed by atoms with Crippen LogP contribution in [-0.4, -0.2) is 5.78 Å². The van der Waals surface area contributed by atoms with Gasteiger partial charge in [-0.1, -0.05) is 45.8 Å². The molecular formula is C18H30O. The average Bonchev–Trinajstić information content (AvgIpc) is 2.31. The van der Waals surface area contributed by atoms with Gasteiger partial charge in [-0.25, -0.2) is 0 Å². The minimum absolute atomic E-state index is 0.327. The second-order valence-corrected chi connectivity index (χ2v) is 7.83. The van der Waals surface area contributed by atoms with Gasteiger partial charge in [-0.15, -0.1) is 0 Å². The van der Waals surface area contributed by atoms with Gasteiger partial charge in [0.25, 0.3) is 0 Å². The van der Waals surface area contributed by atoms with Gasteiger partial charge < -0.3 is 4.79 Å². The predicted octanol–water partition coefficient (Wildman–Crippen LogP) is 5.15. The molecule has 1 nitrogen and oxygen atoms in total. The quantitative estimate of drug-likeness (QED) is 0.642. The molecule has 2 aliphatic rings. The summed E-state index contributed by atoms with van der Waals surface area (Å²) in [5.41, 5.74) is 2.40. The van der Waals surface area contributed by atoms with E-state index < -0.39 is 0 Å². The summed E-state index contributed by atoms with van der Waals surface area (Å²) in [6.45, 7) is 11.4. The van der Waals surface area contributed by atoms with Crippen LogP contribution in [0.1, 0.15) is 73.1 Å². The first-order valence-corrected chi connectivity index (χ1v) is 7.97. The topological polar surface area (TPSA) is 17.1 Å². The van der Waals surface area contributed by atoms with Crippen LogP contribution in [-0.2, 0) is 4.79 Å². The molecule has 0 heterocycles. The number of carbonyl (C=O) groups excluding carboxylic acids is 1. The molecule has 0 saturated heterocycles. The zero-order chi connectivity index (χ0) is 14.3. The first-order chi connectivity index (χ1) is 8.77. The van der Waals surface area contributed by atoms with E-state index in [0.717, 1.165) is 12.8 Å². The van der Waals surface area contributed by atoms with Gasteiger partial charge in [0, 0.05) is 6.42 Å². The van der Waals surface area contributed by atoms with E-state index in [1.165, 1.54) is 25.7 Å².